The average Bonchev–Trinajstić information content (AvgIpc) is 3.24. The predicted molar refractivity (Wildman–Crippen MR) is 94.8 cm³/mol. The number of pyridine rings is 1. The highest BCUT2D eigenvalue weighted by Gasteiger charge is 2.57. The zero-order valence-corrected chi connectivity index (χ0v) is 15.6. The normalized spacial score (nSPS) is 28.0. The Morgan fingerprint density at radius 3 is 2.45 bits per heavy atom. The highest BCUT2D eigenvalue weighted by Crippen LogP contribution is 2.50. The first-order valence-electron chi connectivity index (χ1n) is 9.30. The van der Waals surface area contributed by atoms with Gasteiger partial charge in [0, 0.05) is 12.3 Å². The van der Waals surface area contributed by atoms with Crippen LogP contribution in [0.1, 0.15) is 29.2 Å². The summed E-state index contributed by atoms with van der Waals surface area (Å²) in [6, 6.07) is 6.21. The molecule has 2 bridgehead atoms. The molecule has 5 nitrogen and oxygen atoms in total. The van der Waals surface area contributed by atoms with E-state index >= 15 is 0 Å². The van der Waals surface area contributed by atoms with Gasteiger partial charge in [-0.3, -0.25) is 4.79 Å². The number of benzene rings is 1. The van der Waals surface area contributed by atoms with Crippen LogP contribution in [0.4, 0.5) is 32.0 Å². The molecule has 2 saturated heterocycles. The van der Waals surface area contributed by atoms with E-state index in [1.54, 1.807) is 0 Å². The summed E-state index contributed by atoms with van der Waals surface area (Å²) in [6.07, 6.45) is -10.8. The van der Waals surface area contributed by atoms with Gasteiger partial charge in [-0.25, -0.2) is 4.98 Å². The molecule has 31 heavy (non-hydrogen) atoms. The number of halogens is 6. The van der Waals surface area contributed by atoms with Crippen LogP contribution in [0, 0.1) is 5.92 Å². The zero-order chi connectivity index (χ0) is 22.6. The number of carbonyl (C=O) groups is 1. The highest BCUT2D eigenvalue weighted by molar-refractivity contribution is 5.94. The molecule has 0 spiro atoms. The number of rotatable bonds is 3. The molecule has 2 fully saturated rings. The maximum Gasteiger partial charge on any atom is 0.433 e. The molecular formula is C20H16F6N2O3. The van der Waals surface area contributed by atoms with Crippen molar-refractivity contribution in [2.24, 2.45) is 5.92 Å². The molecule has 1 aromatic carbocycles. The van der Waals surface area contributed by atoms with Crippen LogP contribution in [0.5, 0.6) is 0 Å². The molecule has 1 amide bonds. The summed E-state index contributed by atoms with van der Waals surface area (Å²) in [5.41, 5.74) is -1.83. The number of fused-ring (bicyclic) bond motifs is 2. The van der Waals surface area contributed by atoms with Gasteiger partial charge in [-0.05, 0) is 23.8 Å². The lowest BCUT2D eigenvalue weighted by molar-refractivity contribution is -0.141. The third-order valence-corrected chi connectivity index (χ3v) is 5.55. The van der Waals surface area contributed by atoms with Gasteiger partial charge in [0.1, 0.15) is 5.69 Å². The molecular weight excluding hydrogens is 430 g/mol. The number of hydrogen-bond donors (Lipinski definition) is 2. The number of amides is 1. The quantitative estimate of drug-likeness (QED) is 0.700. The fourth-order valence-corrected chi connectivity index (χ4v) is 4.22. The SMILES string of the molecule is O=C(Nc1ccc(C(F)(F)F)nc1)[C@@H]1[C@@H](c2cccc(C(F)(F)F)c2)[C@H]2O[C@@H]1C[C@@H]2O. The molecule has 5 atom stereocenters. The van der Waals surface area contributed by atoms with Gasteiger partial charge in [0.15, 0.2) is 0 Å². The molecule has 3 heterocycles. The molecule has 2 aliphatic rings. The van der Waals surface area contributed by atoms with Crippen molar-refractivity contribution in [3.05, 3.63) is 59.4 Å². The van der Waals surface area contributed by atoms with Crippen LogP contribution in [-0.2, 0) is 21.9 Å². The number of carbonyl (C=O) groups excluding carboxylic acids is 1. The van der Waals surface area contributed by atoms with Gasteiger partial charge in [-0.15, -0.1) is 0 Å². The maximum absolute atomic E-state index is 13.1. The van der Waals surface area contributed by atoms with E-state index in [2.05, 4.69) is 10.3 Å². The maximum atomic E-state index is 13.1. The molecule has 0 saturated carbocycles. The van der Waals surface area contributed by atoms with Gasteiger partial charge >= 0.3 is 12.4 Å². The van der Waals surface area contributed by atoms with Crippen molar-refractivity contribution in [3.8, 4) is 0 Å². The smallest absolute Gasteiger partial charge is 0.390 e. The summed E-state index contributed by atoms with van der Waals surface area (Å²) >= 11 is 0. The van der Waals surface area contributed by atoms with Crippen LogP contribution in [0.3, 0.4) is 0 Å². The third kappa shape index (κ3) is 4.11. The Labute approximate surface area is 172 Å². The van der Waals surface area contributed by atoms with E-state index < -0.39 is 59.7 Å². The fraction of sp³-hybridized carbons (Fsp3) is 0.400. The second-order valence-electron chi connectivity index (χ2n) is 7.54. The first kappa shape index (κ1) is 21.6. The van der Waals surface area contributed by atoms with Crippen LogP contribution >= 0.6 is 0 Å². The van der Waals surface area contributed by atoms with Crippen LogP contribution in [0.2, 0.25) is 0 Å². The van der Waals surface area contributed by atoms with E-state index in [4.69, 9.17) is 4.74 Å². The molecule has 11 heteroatoms. The van der Waals surface area contributed by atoms with Gasteiger partial charge in [0.05, 0.1) is 41.7 Å². The summed E-state index contributed by atoms with van der Waals surface area (Å²) in [5, 5.41) is 12.6. The summed E-state index contributed by atoms with van der Waals surface area (Å²) in [7, 11) is 0. The number of nitrogens with one attached hydrogen (secondary N) is 1. The van der Waals surface area contributed by atoms with E-state index in [0.717, 1.165) is 24.4 Å². The molecule has 2 aliphatic heterocycles. The number of nitrogens with zero attached hydrogens (tertiary/aromatic N) is 1. The van der Waals surface area contributed by atoms with Crippen molar-refractivity contribution in [1.82, 2.24) is 4.98 Å². The van der Waals surface area contributed by atoms with E-state index in [1.165, 1.54) is 12.1 Å². The van der Waals surface area contributed by atoms with E-state index in [1.807, 2.05) is 0 Å². The molecule has 1 aromatic heterocycles. The molecule has 4 rings (SSSR count). The number of alkyl halides is 6. The second kappa shape index (κ2) is 7.49. The van der Waals surface area contributed by atoms with Gasteiger partial charge in [0.2, 0.25) is 5.91 Å². The largest absolute Gasteiger partial charge is 0.433 e. The average molecular weight is 446 g/mol. The lowest BCUT2D eigenvalue weighted by Crippen LogP contribution is -2.41. The number of hydrogen-bond acceptors (Lipinski definition) is 4. The van der Waals surface area contributed by atoms with Crippen molar-refractivity contribution in [2.75, 3.05) is 5.32 Å². The Balaban J connectivity index is 1.60. The molecule has 0 unspecified atom stereocenters. The minimum atomic E-state index is -4.63. The van der Waals surface area contributed by atoms with Crippen LogP contribution in [0.25, 0.3) is 0 Å². The first-order chi connectivity index (χ1) is 14.4. The molecule has 0 radical (unpaired) electrons. The van der Waals surface area contributed by atoms with Crippen molar-refractivity contribution in [2.45, 2.75) is 43.0 Å². The molecule has 166 valence electrons. The van der Waals surface area contributed by atoms with Crippen LogP contribution in [-0.4, -0.2) is 34.3 Å². The van der Waals surface area contributed by atoms with Crippen LogP contribution < -0.4 is 5.32 Å². The molecule has 0 aliphatic carbocycles. The van der Waals surface area contributed by atoms with E-state index in [-0.39, 0.29) is 17.7 Å². The van der Waals surface area contributed by atoms with Gasteiger partial charge in [-0.1, -0.05) is 18.2 Å². The fourth-order valence-electron chi connectivity index (χ4n) is 4.22. The predicted octanol–water partition coefficient (Wildman–Crippen LogP) is 3.99. The third-order valence-electron chi connectivity index (χ3n) is 5.55. The Morgan fingerprint density at radius 2 is 1.84 bits per heavy atom. The minimum Gasteiger partial charge on any atom is -0.390 e. The van der Waals surface area contributed by atoms with E-state index in [0.29, 0.717) is 6.07 Å². The standard InChI is InChI=1S/C20H16F6N2O3/c21-19(22,23)10-3-1-2-9(6-10)15-16(13-7-12(29)17(15)31-13)18(30)28-11-4-5-14(27-8-11)20(24,25)26/h1-6,8,12-13,15-17,29H,7H2,(H,28,30)/t12-,13+,15+,16-,17-/m0/s1. The minimum absolute atomic E-state index is 0.00381. The Morgan fingerprint density at radius 1 is 1.10 bits per heavy atom. The monoisotopic (exact) mass is 446 g/mol. The number of aromatic nitrogens is 1. The second-order valence-corrected chi connectivity index (χ2v) is 7.54. The number of aliphatic hydroxyl groups excluding tert-OH is 1. The number of aliphatic hydroxyl groups is 1. The van der Waals surface area contributed by atoms with Crippen LogP contribution in [0.15, 0.2) is 42.6 Å². The van der Waals surface area contributed by atoms with Gasteiger partial charge in [0.25, 0.3) is 0 Å². The number of ether oxygens (including phenoxy) is 1. The van der Waals surface area contributed by atoms with Crippen molar-refractivity contribution in [1.29, 1.82) is 0 Å². The van der Waals surface area contributed by atoms with Gasteiger partial charge < -0.3 is 15.2 Å². The van der Waals surface area contributed by atoms with E-state index in [9.17, 15) is 36.2 Å². The Kier molecular flexibility index (Phi) is 5.21. The lowest BCUT2D eigenvalue weighted by atomic mass is 9.73. The summed E-state index contributed by atoms with van der Waals surface area (Å²) in [4.78, 5) is 16.2. The zero-order valence-electron chi connectivity index (χ0n) is 15.6. The topological polar surface area (TPSA) is 71.5 Å². The molecule has 2 aromatic rings. The van der Waals surface area contributed by atoms with Crippen molar-refractivity contribution < 1.29 is 41.0 Å². The highest BCUT2D eigenvalue weighted by atomic mass is 19.4. The van der Waals surface area contributed by atoms with Crippen molar-refractivity contribution in [3.63, 3.8) is 0 Å². The summed E-state index contributed by atoms with van der Waals surface area (Å²) in [5.74, 6) is -2.42. The lowest BCUT2D eigenvalue weighted by Gasteiger charge is -2.30. The molecule has 2 N–H and O–H groups in total. The van der Waals surface area contributed by atoms with Gasteiger partial charge in [-0.2, -0.15) is 26.3 Å². The Bertz CT molecular complexity index is 976. The summed E-state index contributed by atoms with van der Waals surface area (Å²) < 4.78 is 83.0. The first-order valence-corrected chi connectivity index (χ1v) is 9.30. The summed E-state index contributed by atoms with van der Waals surface area (Å²) in [6.45, 7) is 0. The van der Waals surface area contributed by atoms with Crippen molar-refractivity contribution >= 4 is 11.6 Å². The number of anilines is 1. The Hall–Kier alpha value is -2.66.